The van der Waals surface area contributed by atoms with Crippen LogP contribution in [-0.4, -0.2) is 34.6 Å². The van der Waals surface area contributed by atoms with Crippen molar-refractivity contribution in [3.8, 4) is 0 Å². The van der Waals surface area contributed by atoms with E-state index in [-0.39, 0.29) is 0 Å². The standard InChI is InChI=1S/C6H4ClN2O2.3CH3.Sn/c7-4-1-2-5(8-3-4)9-6(10)11;;;;/h1-2H,(H,8,9)(H,10,11);3*1H3;. The number of hydrogen-bond acceptors (Lipinski definition) is 2. The van der Waals surface area contributed by atoms with E-state index in [1.807, 2.05) is 0 Å². The normalized spacial score (nSPS) is 11.2. The van der Waals surface area contributed by atoms with Crippen molar-refractivity contribution in [3.63, 3.8) is 0 Å². The first kappa shape index (κ1) is 12.6. The molecule has 1 amide bonds. The molecule has 0 atom stereocenters. The number of anilines is 1. The van der Waals surface area contributed by atoms with Crippen molar-refractivity contribution >= 4 is 45.6 Å². The van der Waals surface area contributed by atoms with Gasteiger partial charge >= 0.3 is 97.8 Å². The maximum atomic E-state index is 10.4. The molecular formula is C9H13ClN2O2Sn. The van der Waals surface area contributed by atoms with Crippen LogP contribution in [0.2, 0.25) is 19.8 Å². The van der Waals surface area contributed by atoms with Crippen LogP contribution in [0.4, 0.5) is 10.6 Å². The third-order valence-electron chi connectivity index (χ3n) is 1.79. The average Bonchev–Trinajstić information content (AvgIpc) is 2.05. The molecule has 1 aromatic heterocycles. The number of rotatable bonds is 2. The van der Waals surface area contributed by atoms with Gasteiger partial charge < -0.3 is 0 Å². The van der Waals surface area contributed by atoms with Gasteiger partial charge in [0, 0.05) is 0 Å². The predicted octanol–water partition coefficient (Wildman–Crippen LogP) is 2.37. The number of amides is 1. The van der Waals surface area contributed by atoms with E-state index in [9.17, 15) is 4.79 Å². The Kier molecular flexibility index (Phi) is 3.83. The van der Waals surface area contributed by atoms with E-state index >= 15 is 0 Å². The van der Waals surface area contributed by atoms with E-state index in [4.69, 9.17) is 16.7 Å². The molecule has 0 fully saturated rings. The average molecular weight is 335 g/mol. The van der Waals surface area contributed by atoms with Crippen LogP contribution >= 0.6 is 11.6 Å². The summed E-state index contributed by atoms with van der Waals surface area (Å²) in [5, 5.41) is 11.4. The van der Waals surface area contributed by atoms with Crippen LogP contribution in [0.25, 0.3) is 0 Å². The second kappa shape index (κ2) is 4.57. The summed E-state index contributed by atoms with van der Waals surface area (Å²) in [6, 6.07) is 3.26. The van der Waals surface area contributed by atoms with Crippen LogP contribution in [0.5, 0.6) is 0 Å². The van der Waals surface area contributed by atoms with Crippen LogP contribution < -0.4 is 9.03 Å². The fourth-order valence-electron chi connectivity index (χ4n) is 1.15. The Morgan fingerprint density at radius 1 is 1.47 bits per heavy atom. The van der Waals surface area contributed by atoms with Gasteiger partial charge in [-0.25, -0.2) is 0 Å². The van der Waals surface area contributed by atoms with Gasteiger partial charge in [-0.3, -0.25) is 0 Å². The van der Waals surface area contributed by atoms with Gasteiger partial charge in [0.05, 0.1) is 0 Å². The van der Waals surface area contributed by atoms with Gasteiger partial charge in [0.2, 0.25) is 0 Å². The fourth-order valence-corrected chi connectivity index (χ4v) is 6.74. The molecule has 1 rings (SSSR count). The molecule has 0 saturated carbocycles. The molecule has 6 heteroatoms. The van der Waals surface area contributed by atoms with Gasteiger partial charge in [0.25, 0.3) is 0 Å². The molecule has 1 heterocycles. The van der Waals surface area contributed by atoms with Crippen molar-refractivity contribution in [2.75, 3.05) is 5.32 Å². The SMILES string of the molecule is [CH3][Sn]([CH3])([CH3])[c]1nc(NC(=O)O)ccc1Cl. The Bertz CT molecular complexity index is 390. The minimum absolute atomic E-state index is 0.341. The molecular weight excluding hydrogens is 322 g/mol. The summed E-state index contributed by atoms with van der Waals surface area (Å²) in [6.45, 7) is 0. The predicted molar refractivity (Wildman–Crippen MR) is 63.9 cm³/mol. The maximum absolute atomic E-state index is 10.4. The molecule has 4 nitrogen and oxygen atoms in total. The minimum atomic E-state index is -2.36. The number of carbonyl (C=O) groups is 1. The van der Waals surface area contributed by atoms with Crippen molar-refractivity contribution in [1.29, 1.82) is 0 Å². The first-order valence-electron chi connectivity index (χ1n) is 4.47. The summed E-state index contributed by atoms with van der Waals surface area (Å²) in [4.78, 5) is 21.2. The molecule has 82 valence electrons. The number of pyridine rings is 1. The number of hydrogen-bond donors (Lipinski definition) is 2. The van der Waals surface area contributed by atoms with Crippen molar-refractivity contribution in [2.45, 2.75) is 14.8 Å². The third kappa shape index (κ3) is 3.53. The van der Waals surface area contributed by atoms with Gasteiger partial charge in [-0.2, -0.15) is 0 Å². The van der Waals surface area contributed by atoms with Crippen LogP contribution in [0.1, 0.15) is 0 Å². The molecule has 0 aliphatic rings. The molecule has 0 saturated heterocycles. The van der Waals surface area contributed by atoms with Gasteiger partial charge in [0.15, 0.2) is 0 Å². The van der Waals surface area contributed by atoms with Crippen LogP contribution in [0, 0.1) is 0 Å². The van der Waals surface area contributed by atoms with E-state index in [0.717, 1.165) is 3.71 Å². The van der Waals surface area contributed by atoms with Gasteiger partial charge in [-0.15, -0.1) is 0 Å². The topological polar surface area (TPSA) is 62.2 Å². The molecule has 0 unspecified atom stereocenters. The van der Waals surface area contributed by atoms with Crippen molar-refractivity contribution in [1.82, 2.24) is 4.98 Å². The molecule has 0 aliphatic heterocycles. The zero-order valence-electron chi connectivity index (χ0n) is 8.84. The van der Waals surface area contributed by atoms with Crippen LogP contribution in [0.3, 0.4) is 0 Å². The third-order valence-corrected chi connectivity index (χ3v) is 7.69. The summed E-state index contributed by atoms with van der Waals surface area (Å²) >= 11 is 3.67. The molecule has 15 heavy (non-hydrogen) atoms. The van der Waals surface area contributed by atoms with Crippen LogP contribution in [0.15, 0.2) is 12.1 Å². The van der Waals surface area contributed by atoms with E-state index < -0.39 is 24.5 Å². The number of carboxylic acid groups (broad SMARTS) is 1. The van der Waals surface area contributed by atoms with Gasteiger partial charge in [-0.1, -0.05) is 0 Å². The summed E-state index contributed by atoms with van der Waals surface area (Å²) in [5.41, 5.74) is 0. The van der Waals surface area contributed by atoms with Crippen molar-refractivity contribution < 1.29 is 9.90 Å². The van der Waals surface area contributed by atoms with Gasteiger partial charge in [0.1, 0.15) is 0 Å². The van der Waals surface area contributed by atoms with Crippen molar-refractivity contribution in [2.24, 2.45) is 0 Å². The van der Waals surface area contributed by atoms with Gasteiger partial charge in [-0.05, 0) is 0 Å². The molecule has 0 spiro atoms. The van der Waals surface area contributed by atoms with E-state index in [1.54, 1.807) is 12.1 Å². The molecule has 0 aromatic carbocycles. The number of nitrogens with zero attached hydrogens (tertiary/aromatic N) is 1. The molecule has 0 aliphatic carbocycles. The zero-order valence-corrected chi connectivity index (χ0v) is 12.4. The quantitative estimate of drug-likeness (QED) is 0.816. The Balaban J connectivity index is 3.11. The second-order valence-corrected chi connectivity index (χ2v) is 18.8. The number of nitrogens with one attached hydrogen (secondary N) is 1. The zero-order chi connectivity index (χ0) is 11.6. The molecule has 0 bridgehead atoms. The Morgan fingerprint density at radius 3 is 2.53 bits per heavy atom. The summed E-state index contributed by atoms with van der Waals surface area (Å²) in [7, 11) is 0. The molecule has 0 radical (unpaired) electrons. The summed E-state index contributed by atoms with van der Waals surface area (Å²) < 4.78 is 0.886. The Hall–Kier alpha value is -0.491. The first-order valence-corrected chi connectivity index (χ1v) is 14.8. The monoisotopic (exact) mass is 336 g/mol. The summed E-state index contributed by atoms with van der Waals surface area (Å²) in [5.74, 6) is 0.341. The van der Waals surface area contributed by atoms with Crippen LogP contribution in [-0.2, 0) is 0 Å². The molecule has 1 aromatic rings. The molecule has 2 N–H and O–H groups in total. The second-order valence-electron chi connectivity index (χ2n) is 4.21. The Morgan fingerprint density at radius 2 is 2.07 bits per heavy atom. The summed E-state index contributed by atoms with van der Waals surface area (Å²) in [6.07, 6.45) is -1.11. The van der Waals surface area contributed by atoms with E-state index in [2.05, 4.69) is 25.1 Å². The van der Waals surface area contributed by atoms with E-state index in [0.29, 0.717) is 10.8 Å². The number of halogens is 1. The van der Waals surface area contributed by atoms with Crippen molar-refractivity contribution in [3.05, 3.63) is 17.2 Å². The first-order chi connectivity index (χ1) is 6.80. The number of aromatic nitrogens is 1. The fraction of sp³-hybridized carbons (Fsp3) is 0.333. The Labute approximate surface area is 97.5 Å². The van der Waals surface area contributed by atoms with E-state index in [1.165, 1.54) is 0 Å².